The van der Waals surface area contributed by atoms with Crippen LogP contribution >= 0.6 is 0 Å². The third-order valence-corrected chi connectivity index (χ3v) is 4.92. The van der Waals surface area contributed by atoms with E-state index in [0.29, 0.717) is 29.5 Å². The number of nitriles is 1. The Balaban J connectivity index is 1.47. The third kappa shape index (κ3) is 4.47. The summed E-state index contributed by atoms with van der Waals surface area (Å²) in [6, 6.07) is 15.7. The standard InChI is InChI=1S/C21H25N3O2/c1-25-18-7-5-16(6-8-18)14-24-11-9-17(10-12-24)15-26-21-4-2-3-20(23)19(21)13-22/h2-8,17H,9-12,14-15,23H2,1H3. The van der Waals surface area contributed by atoms with Crippen molar-refractivity contribution in [3.63, 3.8) is 0 Å². The Morgan fingerprint density at radius 2 is 1.88 bits per heavy atom. The summed E-state index contributed by atoms with van der Waals surface area (Å²) in [6.07, 6.45) is 2.20. The van der Waals surface area contributed by atoms with Crippen LogP contribution in [0.4, 0.5) is 5.69 Å². The van der Waals surface area contributed by atoms with Gasteiger partial charge in [0.2, 0.25) is 0 Å². The molecule has 0 amide bonds. The molecule has 2 aromatic carbocycles. The van der Waals surface area contributed by atoms with Gasteiger partial charge in [-0.1, -0.05) is 18.2 Å². The Hall–Kier alpha value is -2.71. The summed E-state index contributed by atoms with van der Waals surface area (Å²) in [5, 5.41) is 9.22. The first-order valence-electron chi connectivity index (χ1n) is 8.96. The molecule has 0 spiro atoms. The van der Waals surface area contributed by atoms with Gasteiger partial charge in [-0.05, 0) is 61.7 Å². The lowest BCUT2D eigenvalue weighted by atomic mass is 9.97. The lowest BCUT2D eigenvalue weighted by Gasteiger charge is -2.32. The first-order chi connectivity index (χ1) is 12.7. The molecular weight excluding hydrogens is 326 g/mol. The molecule has 0 aromatic heterocycles. The van der Waals surface area contributed by atoms with E-state index in [1.807, 2.05) is 24.3 Å². The summed E-state index contributed by atoms with van der Waals surface area (Å²) >= 11 is 0. The van der Waals surface area contributed by atoms with E-state index in [1.54, 1.807) is 13.2 Å². The van der Waals surface area contributed by atoms with Crippen molar-refractivity contribution in [2.75, 3.05) is 32.5 Å². The molecule has 26 heavy (non-hydrogen) atoms. The first-order valence-corrected chi connectivity index (χ1v) is 8.96. The molecule has 1 aliphatic heterocycles. The topological polar surface area (TPSA) is 71.5 Å². The van der Waals surface area contributed by atoms with E-state index >= 15 is 0 Å². The molecule has 136 valence electrons. The minimum Gasteiger partial charge on any atom is -0.497 e. The second kappa shape index (κ2) is 8.59. The molecule has 3 rings (SSSR count). The first kappa shape index (κ1) is 18.1. The van der Waals surface area contributed by atoms with Gasteiger partial charge in [-0.25, -0.2) is 0 Å². The molecule has 1 heterocycles. The highest BCUT2D eigenvalue weighted by atomic mass is 16.5. The van der Waals surface area contributed by atoms with Gasteiger partial charge >= 0.3 is 0 Å². The smallest absolute Gasteiger partial charge is 0.139 e. The number of piperidine rings is 1. The van der Waals surface area contributed by atoms with Crippen LogP contribution in [0, 0.1) is 17.2 Å². The summed E-state index contributed by atoms with van der Waals surface area (Å²) in [5.41, 5.74) is 8.04. The molecule has 0 radical (unpaired) electrons. The molecule has 0 aliphatic carbocycles. The van der Waals surface area contributed by atoms with Crippen molar-refractivity contribution in [3.05, 3.63) is 53.6 Å². The molecule has 5 heteroatoms. The number of methoxy groups -OCH3 is 1. The Morgan fingerprint density at radius 3 is 2.54 bits per heavy atom. The fraction of sp³-hybridized carbons (Fsp3) is 0.381. The molecule has 0 saturated carbocycles. The molecule has 5 nitrogen and oxygen atoms in total. The number of ether oxygens (including phenoxy) is 2. The molecule has 0 unspecified atom stereocenters. The van der Waals surface area contributed by atoms with Gasteiger partial charge < -0.3 is 15.2 Å². The van der Waals surface area contributed by atoms with Crippen molar-refractivity contribution in [1.82, 2.24) is 4.90 Å². The van der Waals surface area contributed by atoms with Gasteiger partial charge in [0.1, 0.15) is 23.1 Å². The number of rotatable bonds is 6. The molecule has 1 aliphatic rings. The Kier molecular flexibility index (Phi) is 5.98. The average molecular weight is 351 g/mol. The van der Waals surface area contributed by atoms with Crippen molar-refractivity contribution < 1.29 is 9.47 Å². The fourth-order valence-corrected chi connectivity index (χ4v) is 3.30. The number of anilines is 1. The van der Waals surface area contributed by atoms with Crippen molar-refractivity contribution in [3.8, 4) is 17.6 Å². The van der Waals surface area contributed by atoms with Gasteiger partial charge in [0.15, 0.2) is 0 Å². The van der Waals surface area contributed by atoms with Crippen LogP contribution in [0.2, 0.25) is 0 Å². The largest absolute Gasteiger partial charge is 0.497 e. The Morgan fingerprint density at radius 1 is 1.15 bits per heavy atom. The predicted molar refractivity (Wildman–Crippen MR) is 102 cm³/mol. The van der Waals surface area contributed by atoms with Crippen LogP contribution in [0.3, 0.4) is 0 Å². The lowest BCUT2D eigenvalue weighted by molar-refractivity contribution is 0.136. The Labute approximate surface area is 154 Å². The number of hydrogen-bond acceptors (Lipinski definition) is 5. The van der Waals surface area contributed by atoms with Crippen LogP contribution in [-0.2, 0) is 6.54 Å². The summed E-state index contributed by atoms with van der Waals surface area (Å²) < 4.78 is 11.1. The highest BCUT2D eigenvalue weighted by Crippen LogP contribution is 2.26. The van der Waals surface area contributed by atoms with Crippen molar-refractivity contribution in [2.24, 2.45) is 5.92 Å². The number of nitrogens with zero attached hydrogens (tertiary/aromatic N) is 2. The van der Waals surface area contributed by atoms with Crippen LogP contribution < -0.4 is 15.2 Å². The highest BCUT2D eigenvalue weighted by molar-refractivity contribution is 5.60. The quantitative estimate of drug-likeness (QED) is 0.807. The molecular formula is C21H25N3O2. The maximum Gasteiger partial charge on any atom is 0.139 e. The number of hydrogen-bond donors (Lipinski definition) is 1. The zero-order valence-electron chi connectivity index (χ0n) is 15.1. The number of likely N-dealkylation sites (tertiary alicyclic amines) is 1. The van der Waals surface area contributed by atoms with Crippen LogP contribution in [0.25, 0.3) is 0 Å². The monoisotopic (exact) mass is 351 g/mol. The predicted octanol–water partition coefficient (Wildman–Crippen LogP) is 3.44. The van der Waals surface area contributed by atoms with Gasteiger partial charge in [0.05, 0.1) is 19.4 Å². The van der Waals surface area contributed by atoms with Crippen LogP contribution in [0.5, 0.6) is 11.5 Å². The SMILES string of the molecule is COc1ccc(CN2CCC(COc3cccc(N)c3C#N)CC2)cc1. The summed E-state index contributed by atoms with van der Waals surface area (Å²) in [7, 11) is 1.69. The summed E-state index contributed by atoms with van der Waals surface area (Å²) in [4.78, 5) is 2.47. The van der Waals surface area contributed by atoms with Crippen molar-refractivity contribution in [1.29, 1.82) is 5.26 Å². The fourth-order valence-electron chi connectivity index (χ4n) is 3.30. The van der Waals surface area contributed by atoms with Crippen molar-refractivity contribution in [2.45, 2.75) is 19.4 Å². The maximum absolute atomic E-state index is 9.22. The van der Waals surface area contributed by atoms with Crippen LogP contribution in [0.15, 0.2) is 42.5 Å². The zero-order chi connectivity index (χ0) is 18.4. The second-order valence-electron chi connectivity index (χ2n) is 6.71. The Bertz CT molecular complexity index is 760. The van der Waals surface area contributed by atoms with E-state index < -0.39 is 0 Å². The van der Waals surface area contributed by atoms with E-state index in [1.165, 1.54) is 5.56 Å². The lowest BCUT2D eigenvalue weighted by Crippen LogP contribution is -2.35. The van der Waals surface area contributed by atoms with Crippen LogP contribution in [-0.4, -0.2) is 31.7 Å². The summed E-state index contributed by atoms with van der Waals surface area (Å²) in [5.74, 6) is 1.99. The van der Waals surface area contributed by atoms with Gasteiger partial charge in [-0.15, -0.1) is 0 Å². The van der Waals surface area contributed by atoms with Gasteiger partial charge in [-0.3, -0.25) is 4.90 Å². The number of nitrogens with two attached hydrogens (primary N) is 1. The number of nitrogen functional groups attached to an aromatic ring is 1. The molecule has 2 aromatic rings. The number of benzene rings is 2. The maximum atomic E-state index is 9.22. The zero-order valence-corrected chi connectivity index (χ0v) is 15.1. The minimum absolute atomic E-state index is 0.435. The van der Waals surface area contributed by atoms with Gasteiger partial charge in [0.25, 0.3) is 0 Å². The summed E-state index contributed by atoms with van der Waals surface area (Å²) in [6.45, 7) is 3.71. The van der Waals surface area contributed by atoms with Crippen molar-refractivity contribution >= 4 is 5.69 Å². The van der Waals surface area contributed by atoms with E-state index in [0.717, 1.165) is 38.2 Å². The molecule has 0 atom stereocenters. The molecule has 1 saturated heterocycles. The second-order valence-corrected chi connectivity index (χ2v) is 6.71. The van der Waals surface area contributed by atoms with E-state index in [-0.39, 0.29) is 0 Å². The molecule has 1 fully saturated rings. The van der Waals surface area contributed by atoms with E-state index in [9.17, 15) is 5.26 Å². The molecule has 2 N–H and O–H groups in total. The minimum atomic E-state index is 0.435. The van der Waals surface area contributed by atoms with Crippen LogP contribution in [0.1, 0.15) is 24.0 Å². The van der Waals surface area contributed by atoms with Gasteiger partial charge in [0, 0.05) is 6.54 Å². The highest BCUT2D eigenvalue weighted by Gasteiger charge is 2.20. The average Bonchev–Trinajstić information content (AvgIpc) is 2.68. The third-order valence-electron chi connectivity index (χ3n) is 4.92. The van der Waals surface area contributed by atoms with E-state index in [2.05, 4.69) is 23.1 Å². The van der Waals surface area contributed by atoms with E-state index in [4.69, 9.17) is 15.2 Å². The van der Waals surface area contributed by atoms with Gasteiger partial charge in [-0.2, -0.15) is 5.26 Å². The molecule has 0 bridgehead atoms. The normalized spacial score (nSPS) is 15.4.